The molecule has 2 saturated heterocycles. The number of nitrogens with zero attached hydrogens (tertiary/aromatic N) is 4. The van der Waals surface area contributed by atoms with Crippen molar-refractivity contribution in [2.45, 2.75) is 18.9 Å². The first kappa shape index (κ1) is 15.3. The number of hydrogen-bond acceptors (Lipinski definition) is 6. The number of aromatic nitrogens is 2. The van der Waals surface area contributed by atoms with E-state index in [1.807, 2.05) is 0 Å². The van der Waals surface area contributed by atoms with Crippen LogP contribution in [-0.2, 0) is 0 Å². The smallest absolute Gasteiger partial charge is 0.328 e. The highest BCUT2D eigenvalue weighted by atomic mass is 16.5. The number of likely N-dealkylation sites (tertiary alicyclic amines) is 1. The number of carbonyl (C=O) groups excluding carboxylic acids is 2. The topological polar surface area (TPSA) is 96.9 Å². The van der Waals surface area contributed by atoms with Gasteiger partial charge in [-0.2, -0.15) is 4.98 Å². The van der Waals surface area contributed by atoms with Crippen LogP contribution in [0.15, 0.2) is 12.4 Å². The quantitative estimate of drug-likeness (QED) is 0.869. The summed E-state index contributed by atoms with van der Waals surface area (Å²) in [7, 11) is 1.51. The SMILES string of the molecule is COc1cncc(OC2CCCN(C(=O)N3CCNC3=O)C2)n1. The Kier molecular flexibility index (Phi) is 4.45. The van der Waals surface area contributed by atoms with Crippen molar-refractivity contribution in [1.29, 1.82) is 0 Å². The Morgan fingerprint density at radius 3 is 2.91 bits per heavy atom. The Labute approximate surface area is 133 Å². The molecule has 1 unspecified atom stereocenters. The number of carbonyl (C=O) groups is 2. The summed E-state index contributed by atoms with van der Waals surface area (Å²) in [6.07, 6.45) is 4.45. The zero-order valence-corrected chi connectivity index (χ0v) is 12.9. The molecule has 9 nitrogen and oxygen atoms in total. The number of amides is 4. The van der Waals surface area contributed by atoms with E-state index in [4.69, 9.17) is 9.47 Å². The molecule has 4 amide bonds. The van der Waals surface area contributed by atoms with Crippen molar-refractivity contribution < 1.29 is 19.1 Å². The zero-order valence-electron chi connectivity index (χ0n) is 12.9. The first-order valence-corrected chi connectivity index (χ1v) is 7.54. The minimum atomic E-state index is -0.336. The second kappa shape index (κ2) is 6.67. The number of ether oxygens (including phenoxy) is 2. The molecule has 124 valence electrons. The van der Waals surface area contributed by atoms with Gasteiger partial charge in [0.25, 0.3) is 0 Å². The molecule has 0 radical (unpaired) electrons. The van der Waals surface area contributed by atoms with Gasteiger partial charge in [0.05, 0.1) is 26.0 Å². The van der Waals surface area contributed by atoms with Gasteiger partial charge in [-0.15, -0.1) is 0 Å². The maximum absolute atomic E-state index is 12.4. The van der Waals surface area contributed by atoms with Crippen LogP contribution in [0.4, 0.5) is 9.59 Å². The molecule has 1 atom stereocenters. The number of urea groups is 2. The van der Waals surface area contributed by atoms with E-state index in [2.05, 4.69) is 15.3 Å². The van der Waals surface area contributed by atoms with Crippen LogP contribution >= 0.6 is 0 Å². The van der Waals surface area contributed by atoms with E-state index in [1.54, 1.807) is 4.90 Å². The van der Waals surface area contributed by atoms with Gasteiger partial charge in [-0.05, 0) is 12.8 Å². The molecule has 0 aromatic carbocycles. The third-order valence-corrected chi connectivity index (χ3v) is 3.82. The van der Waals surface area contributed by atoms with Gasteiger partial charge in [-0.3, -0.25) is 4.98 Å². The Morgan fingerprint density at radius 2 is 2.17 bits per heavy atom. The fraction of sp³-hybridized carbons (Fsp3) is 0.571. The number of piperidine rings is 1. The van der Waals surface area contributed by atoms with E-state index in [-0.39, 0.29) is 18.2 Å². The standard InChI is InChI=1S/C14H19N5O4/c1-22-11-7-15-8-12(17-11)23-10-3-2-5-18(9-10)14(21)19-6-4-16-13(19)20/h7-8,10H,2-6,9H2,1H3,(H,16,20). The monoisotopic (exact) mass is 321 g/mol. The molecule has 1 aromatic heterocycles. The lowest BCUT2D eigenvalue weighted by molar-refractivity contribution is 0.0874. The first-order chi connectivity index (χ1) is 11.2. The molecule has 0 bridgehead atoms. The summed E-state index contributed by atoms with van der Waals surface area (Å²) in [6, 6.07) is -0.610. The van der Waals surface area contributed by atoms with Crippen LogP contribution in [0.2, 0.25) is 0 Å². The molecule has 0 saturated carbocycles. The lowest BCUT2D eigenvalue weighted by atomic mass is 10.1. The van der Waals surface area contributed by atoms with Crippen LogP contribution in [0.3, 0.4) is 0 Å². The highest BCUT2D eigenvalue weighted by Gasteiger charge is 2.33. The molecule has 2 aliphatic heterocycles. The highest BCUT2D eigenvalue weighted by Crippen LogP contribution is 2.19. The summed E-state index contributed by atoms with van der Waals surface area (Å²) in [5.74, 6) is 0.738. The molecule has 0 spiro atoms. The van der Waals surface area contributed by atoms with Gasteiger partial charge in [-0.1, -0.05) is 0 Å². The second-order valence-electron chi connectivity index (χ2n) is 5.39. The first-order valence-electron chi connectivity index (χ1n) is 7.54. The van der Waals surface area contributed by atoms with Gasteiger partial charge >= 0.3 is 12.1 Å². The van der Waals surface area contributed by atoms with Crippen LogP contribution in [0.1, 0.15) is 12.8 Å². The van der Waals surface area contributed by atoms with Crippen molar-refractivity contribution in [1.82, 2.24) is 25.1 Å². The molecule has 0 aliphatic carbocycles. The Hall–Kier alpha value is -2.58. The molecule has 1 N–H and O–H groups in total. The van der Waals surface area contributed by atoms with Crippen molar-refractivity contribution >= 4 is 12.1 Å². The number of nitrogens with one attached hydrogen (secondary N) is 1. The van der Waals surface area contributed by atoms with Crippen LogP contribution in [0.25, 0.3) is 0 Å². The summed E-state index contributed by atoms with van der Waals surface area (Å²) in [5.41, 5.74) is 0. The normalized spacial score (nSPS) is 21.1. The van der Waals surface area contributed by atoms with E-state index in [0.717, 1.165) is 12.8 Å². The van der Waals surface area contributed by atoms with Gasteiger partial charge in [0.15, 0.2) is 0 Å². The molecule has 2 fully saturated rings. The van der Waals surface area contributed by atoms with Crippen molar-refractivity contribution in [2.24, 2.45) is 0 Å². The highest BCUT2D eigenvalue weighted by molar-refractivity contribution is 5.95. The predicted octanol–water partition coefficient (Wildman–Crippen LogP) is 0.474. The van der Waals surface area contributed by atoms with E-state index < -0.39 is 0 Å². The number of hydrogen-bond donors (Lipinski definition) is 1. The molecule has 1 aromatic rings. The third-order valence-electron chi connectivity index (χ3n) is 3.82. The second-order valence-corrected chi connectivity index (χ2v) is 5.39. The summed E-state index contributed by atoms with van der Waals surface area (Å²) in [6.45, 7) is 1.94. The maximum Gasteiger partial charge on any atom is 0.328 e. The van der Waals surface area contributed by atoms with Crippen molar-refractivity contribution in [3.05, 3.63) is 12.4 Å². The summed E-state index contributed by atoms with van der Waals surface area (Å²) in [5, 5.41) is 2.63. The molecule has 3 rings (SSSR count). The summed E-state index contributed by atoms with van der Waals surface area (Å²) in [4.78, 5) is 35.0. The minimum absolute atomic E-state index is 0.181. The van der Waals surface area contributed by atoms with Crippen LogP contribution in [0, 0.1) is 0 Å². The maximum atomic E-state index is 12.4. The lowest BCUT2D eigenvalue weighted by Crippen LogP contribution is -2.50. The average molecular weight is 321 g/mol. The van der Waals surface area contributed by atoms with Gasteiger partial charge in [0.1, 0.15) is 6.10 Å². The van der Waals surface area contributed by atoms with Gasteiger partial charge in [0, 0.05) is 19.6 Å². The predicted molar refractivity (Wildman–Crippen MR) is 79.3 cm³/mol. The van der Waals surface area contributed by atoms with Crippen LogP contribution in [0.5, 0.6) is 11.8 Å². The van der Waals surface area contributed by atoms with Crippen molar-refractivity contribution in [2.75, 3.05) is 33.3 Å². The van der Waals surface area contributed by atoms with Crippen LogP contribution < -0.4 is 14.8 Å². The molecule has 3 heterocycles. The summed E-state index contributed by atoms with van der Waals surface area (Å²) < 4.78 is 10.8. The van der Waals surface area contributed by atoms with E-state index in [9.17, 15) is 9.59 Å². The van der Waals surface area contributed by atoms with Crippen molar-refractivity contribution in [3.63, 3.8) is 0 Å². The third kappa shape index (κ3) is 3.43. The van der Waals surface area contributed by atoms with Gasteiger partial charge < -0.3 is 19.7 Å². The zero-order chi connectivity index (χ0) is 16.2. The lowest BCUT2D eigenvalue weighted by Gasteiger charge is -2.34. The largest absolute Gasteiger partial charge is 0.480 e. The Balaban J connectivity index is 1.61. The minimum Gasteiger partial charge on any atom is -0.480 e. The fourth-order valence-corrected chi connectivity index (χ4v) is 2.69. The molecule has 9 heteroatoms. The average Bonchev–Trinajstić information content (AvgIpc) is 3.00. The molecular weight excluding hydrogens is 302 g/mol. The molecule has 2 aliphatic rings. The number of rotatable bonds is 3. The fourth-order valence-electron chi connectivity index (χ4n) is 2.69. The number of methoxy groups -OCH3 is 1. The van der Waals surface area contributed by atoms with Gasteiger partial charge in [-0.25, -0.2) is 14.5 Å². The Bertz CT molecular complexity index is 596. The Morgan fingerprint density at radius 1 is 1.35 bits per heavy atom. The summed E-state index contributed by atoms with van der Waals surface area (Å²) >= 11 is 0. The molecule has 23 heavy (non-hydrogen) atoms. The van der Waals surface area contributed by atoms with Gasteiger partial charge in [0.2, 0.25) is 11.8 Å². The van der Waals surface area contributed by atoms with Crippen LogP contribution in [-0.4, -0.2) is 71.2 Å². The van der Waals surface area contributed by atoms with E-state index in [0.29, 0.717) is 37.9 Å². The van der Waals surface area contributed by atoms with E-state index >= 15 is 0 Å². The number of imide groups is 1. The van der Waals surface area contributed by atoms with E-state index in [1.165, 1.54) is 24.4 Å². The molecular formula is C14H19N5O4. The van der Waals surface area contributed by atoms with Crippen molar-refractivity contribution in [3.8, 4) is 11.8 Å².